The Balaban J connectivity index is 3.94. The van der Waals surface area contributed by atoms with E-state index in [9.17, 15) is 9.59 Å². The second kappa shape index (κ2) is 21.2. The van der Waals surface area contributed by atoms with Crippen molar-refractivity contribution in [3.05, 3.63) is 0 Å². The zero-order valence-electron chi connectivity index (χ0n) is 25.5. The highest BCUT2D eigenvalue weighted by atomic mass is 28.4. The Morgan fingerprint density at radius 3 is 1.62 bits per heavy atom. The molecule has 1 N–H and O–H groups in total. The van der Waals surface area contributed by atoms with Crippen LogP contribution in [0.3, 0.4) is 0 Å². The van der Waals surface area contributed by atoms with Crippen molar-refractivity contribution >= 4 is 28.8 Å². The van der Waals surface area contributed by atoms with Crippen molar-refractivity contribution in [2.75, 3.05) is 6.61 Å². The fraction of sp³-hybridized carbons (Fsp3) is 0.933. The molecule has 5 nitrogen and oxygen atoms in total. The van der Waals surface area contributed by atoms with Gasteiger partial charge >= 0.3 is 5.97 Å². The quantitative estimate of drug-likeness (QED) is 0.0617. The number of aliphatic carboxylic acids is 1. The van der Waals surface area contributed by atoms with Gasteiger partial charge < -0.3 is 14.3 Å². The lowest BCUT2D eigenvalue weighted by molar-refractivity contribution is -0.137. The molecule has 0 atom stereocenters. The molecule has 7 heteroatoms. The van der Waals surface area contributed by atoms with Gasteiger partial charge in [0.25, 0.3) is 6.47 Å². The number of unbranched alkanes of at least 4 members (excludes halogenated alkanes) is 14. The molecular weight excluding hydrogens is 496 g/mol. The third-order valence-corrected chi connectivity index (χ3v) is 13.5. The second-order valence-electron chi connectivity index (χ2n) is 13.2. The highest BCUT2D eigenvalue weighted by Gasteiger charge is 2.35. The first-order valence-electron chi connectivity index (χ1n) is 15.4. The van der Waals surface area contributed by atoms with Crippen LogP contribution >= 0.6 is 0 Å². The van der Waals surface area contributed by atoms with Gasteiger partial charge in [-0.2, -0.15) is 0 Å². The Hall–Kier alpha value is -0.666. The van der Waals surface area contributed by atoms with Crippen LogP contribution in [0.4, 0.5) is 0 Å². The molecule has 0 bridgehead atoms. The van der Waals surface area contributed by atoms with Crippen molar-refractivity contribution in [3.8, 4) is 0 Å². The van der Waals surface area contributed by atoms with E-state index in [4.69, 9.17) is 14.3 Å². The monoisotopic (exact) mass is 558 g/mol. The van der Waals surface area contributed by atoms with Gasteiger partial charge in [0.2, 0.25) is 0 Å². The van der Waals surface area contributed by atoms with Crippen LogP contribution in [0.25, 0.3) is 0 Å². The zero-order valence-corrected chi connectivity index (χ0v) is 27.5. The molecule has 0 saturated heterocycles. The minimum absolute atomic E-state index is 0.00500. The molecule has 0 aliphatic rings. The summed E-state index contributed by atoms with van der Waals surface area (Å²) in [6, 6.07) is 3.91. The molecule has 0 aliphatic carbocycles. The average Bonchev–Trinajstić information content (AvgIpc) is 2.76. The van der Waals surface area contributed by atoms with Gasteiger partial charge in [0, 0.05) is 12.0 Å². The van der Waals surface area contributed by atoms with Crippen molar-refractivity contribution in [2.45, 2.75) is 173 Å². The molecule has 220 valence electrons. The number of carbonyl (C=O) groups is 2. The molecular formula is C30H62O5Si2. The van der Waals surface area contributed by atoms with Crippen molar-refractivity contribution < 1.29 is 23.9 Å². The number of ether oxygens (including phenoxy) is 1. The van der Waals surface area contributed by atoms with E-state index in [1.54, 1.807) is 0 Å². The van der Waals surface area contributed by atoms with Crippen LogP contribution in [0.1, 0.15) is 123 Å². The number of carboxylic acid groups (broad SMARTS) is 1. The van der Waals surface area contributed by atoms with Crippen molar-refractivity contribution in [2.24, 2.45) is 0 Å². The molecule has 0 saturated carbocycles. The summed E-state index contributed by atoms with van der Waals surface area (Å²) in [5.74, 6) is -0.669. The van der Waals surface area contributed by atoms with E-state index in [1.807, 2.05) is 0 Å². The topological polar surface area (TPSA) is 72.8 Å². The molecule has 0 aromatic heterocycles. The van der Waals surface area contributed by atoms with Gasteiger partial charge in [-0.25, -0.2) is 0 Å². The predicted molar refractivity (Wildman–Crippen MR) is 163 cm³/mol. The maximum absolute atomic E-state index is 10.5. The van der Waals surface area contributed by atoms with E-state index >= 15 is 0 Å². The maximum atomic E-state index is 10.5. The molecule has 0 fully saturated rings. The predicted octanol–water partition coefficient (Wildman–Crippen LogP) is 9.58. The average molecular weight is 559 g/mol. The van der Waals surface area contributed by atoms with Crippen LogP contribution in [0.2, 0.25) is 44.3 Å². The fourth-order valence-corrected chi connectivity index (χ4v) is 12.5. The summed E-state index contributed by atoms with van der Waals surface area (Å²) in [6.07, 6.45) is 19.9. The van der Waals surface area contributed by atoms with Gasteiger partial charge in [-0.1, -0.05) is 109 Å². The number of rotatable bonds is 27. The van der Waals surface area contributed by atoms with Gasteiger partial charge in [-0.05, 0) is 51.9 Å². The number of hydrogen-bond donors (Lipinski definition) is 1. The van der Waals surface area contributed by atoms with Crippen LogP contribution in [0.15, 0.2) is 0 Å². The molecule has 0 radical (unpaired) electrons. The SMILES string of the molecule is CC(C)(C[Si](C)(C)CCCCCCCCCCOC=O)O[Si](C)(C)CCCCCCCCCCC(=O)O. The number of carboxylic acids is 1. The first-order valence-corrected chi connectivity index (χ1v) is 21.9. The Kier molecular flexibility index (Phi) is 20.8. The van der Waals surface area contributed by atoms with Crippen LogP contribution in [-0.2, 0) is 18.8 Å². The van der Waals surface area contributed by atoms with Crippen LogP contribution in [0.5, 0.6) is 0 Å². The van der Waals surface area contributed by atoms with Crippen molar-refractivity contribution in [1.29, 1.82) is 0 Å². The van der Waals surface area contributed by atoms with Gasteiger partial charge in [0.15, 0.2) is 8.32 Å². The smallest absolute Gasteiger partial charge is 0.303 e. The summed E-state index contributed by atoms with van der Waals surface area (Å²) >= 11 is 0. The van der Waals surface area contributed by atoms with E-state index in [0.717, 1.165) is 19.3 Å². The van der Waals surface area contributed by atoms with Crippen molar-refractivity contribution in [3.63, 3.8) is 0 Å². The summed E-state index contributed by atoms with van der Waals surface area (Å²) in [5, 5.41) is 8.69. The second-order valence-corrected chi connectivity index (χ2v) is 22.6. The highest BCUT2D eigenvalue weighted by Crippen LogP contribution is 2.32. The number of carbonyl (C=O) groups excluding carboxylic acids is 1. The van der Waals surface area contributed by atoms with Gasteiger partial charge in [-0.15, -0.1) is 0 Å². The normalized spacial score (nSPS) is 12.6. The van der Waals surface area contributed by atoms with Crippen LogP contribution in [-0.4, -0.2) is 46.1 Å². The summed E-state index contributed by atoms with van der Waals surface area (Å²) in [7, 11) is -2.94. The minimum atomic E-state index is -1.66. The Labute approximate surface area is 232 Å². The van der Waals surface area contributed by atoms with Gasteiger partial charge in [0.1, 0.15) is 0 Å². The van der Waals surface area contributed by atoms with E-state index in [1.165, 1.54) is 102 Å². The number of hydrogen-bond acceptors (Lipinski definition) is 4. The van der Waals surface area contributed by atoms with Crippen LogP contribution < -0.4 is 0 Å². The summed E-state index contributed by atoms with van der Waals surface area (Å²) in [5.41, 5.74) is -0.00500. The lowest BCUT2D eigenvalue weighted by atomic mass is 10.1. The first-order chi connectivity index (χ1) is 17.4. The molecule has 0 amide bonds. The summed E-state index contributed by atoms with van der Waals surface area (Å²) in [4.78, 5) is 20.7. The molecule has 0 unspecified atom stereocenters. The first kappa shape index (κ1) is 36.3. The Morgan fingerprint density at radius 1 is 0.703 bits per heavy atom. The van der Waals surface area contributed by atoms with Crippen molar-refractivity contribution in [1.82, 2.24) is 0 Å². The largest absolute Gasteiger partial charge is 0.481 e. The molecule has 0 aromatic rings. The molecule has 0 aliphatic heterocycles. The third kappa shape index (κ3) is 25.4. The lowest BCUT2D eigenvalue weighted by Gasteiger charge is -2.40. The molecule has 0 spiro atoms. The van der Waals surface area contributed by atoms with Gasteiger partial charge in [0.05, 0.1) is 14.7 Å². The Bertz CT molecular complexity index is 578. The van der Waals surface area contributed by atoms with Gasteiger partial charge in [-0.3, -0.25) is 9.59 Å². The van der Waals surface area contributed by atoms with Crippen LogP contribution in [0, 0.1) is 0 Å². The fourth-order valence-electron chi connectivity index (χ4n) is 5.86. The standard InChI is InChI=1S/C30H62O5Si2/c1-30(2,27-36(3,4)25-21-17-13-10-8-12-16-20-24-34-28-31)35-37(5,6)26-22-18-14-9-7-11-15-19-23-29(32)33/h28H,7-27H2,1-6H3,(H,32,33). The lowest BCUT2D eigenvalue weighted by Crippen LogP contribution is -2.45. The molecule has 37 heavy (non-hydrogen) atoms. The van der Waals surface area contributed by atoms with E-state index in [-0.39, 0.29) is 5.60 Å². The van der Waals surface area contributed by atoms with E-state index < -0.39 is 22.4 Å². The third-order valence-electron chi connectivity index (χ3n) is 7.31. The molecule has 0 heterocycles. The molecule has 0 rings (SSSR count). The zero-order chi connectivity index (χ0) is 28.0. The maximum Gasteiger partial charge on any atom is 0.303 e. The molecule has 0 aromatic carbocycles. The minimum Gasteiger partial charge on any atom is -0.481 e. The highest BCUT2D eigenvalue weighted by molar-refractivity contribution is 6.77. The van der Waals surface area contributed by atoms with E-state index in [0.29, 0.717) is 19.5 Å². The summed E-state index contributed by atoms with van der Waals surface area (Å²) < 4.78 is 11.6. The van der Waals surface area contributed by atoms with E-state index in [2.05, 4.69) is 40.0 Å². The Morgan fingerprint density at radius 2 is 1.14 bits per heavy atom. The summed E-state index contributed by atoms with van der Waals surface area (Å²) in [6.45, 7) is 15.7.